The number of anilines is 1. The fourth-order valence-corrected chi connectivity index (χ4v) is 1.70. The number of pyridine rings is 1. The molecule has 0 spiro atoms. The quantitative estimate of drug-likeness (QED) is 0.925. The summed E-state index contributed by atoms with van der Waals surface area (Å²) in [6.45, 7) is 4.66. The zero-order valence-electron chi connectivity index (χ0n) is 10.2. The normalized spacial score (nSPS) is 10.9. The Balaban J connectivity index is 2.02. The van der Waals surface area contributed by atoms with Gasteiger partial charge in [0.2, 0.25) is 0 Å². The van der Waals surface area contributed by atoms with Gasteiger partial charge in [-0.25, -0.2) is 9.37 Å². The molecule has 0 aliphatic carbocycles. The molecule has 1 N–H and O–H groups in total. The average molecular weight is 269 g/mol. The lowest BCUT2D eigenvalue weighted by molar-refractivity contribution is 0.532. The molecular weight excluding hydrogens is 255 g/mol. The standard InChI is InChI=1S/C12H14ClFN4/c1-8(2)18-7-9(5-17-18)4-15-12-11(13)3-10(14)6-16-12/h3,5-8H,4H2,1-2H3,(H,15,16). The molecule has 6 heteroatoms. The molecule has 4 nitrogen and oxygen atoms in total. The summed E-state index contributed by atoms with van der Waals surface area (Å²) in [5.74, 6) is 0.0218. The highest BCUT2D eigenvalue weighted by atomic mass is 35.5. The molecule has 0 bridgehead atoms. The maximum Gasteiger partial charge on any atom is 0.145 e. The number of hydrogen-bond donors (Lipinski definition) is 1. The van der Waals surface area contributed by atoms with Crippen molar-refractivity contribution in [3.63, 3.8) is 0 Å². The van der Waals surface area contributed by atoms with Gasteiger partial charge in [0, 0.05) is 24.3 Å². The Morgan fingerprint density at radius 2 is 2.22 bits per heavy atom. The summed E-state index contributed by atoms with van der Waals surface area (Å²) in [5.41, 5.74) is 1.02. The van der Waals surface area contributed by atoms with E-state index in [1.54, 1.807) is 6.20 Å². The van der Waals surface area contributed by atoms with Crippen molar-refractivity contribution in [2.24, 2.45) is 0 Å². The van der Waals surface area contributed by atoms with Gasteiger partial charge in [0.1, 0.15) is 11.6 Å². The van der Waals surface area contributed by atoms with Crippen LogP contribution in [0.5, 0.6) is 0 Å². The molecule has 2 heterocycles. The third-order valence-corrected chi connectivity index (χ3v) is 2.74. The van der Waals surface area contributed by atoms with Crippen molar-refractivity contribution < 1.29 is 4.39 Å². The summed E-state index contributed by atoms with van der Waals surface area (Å²) in [4.78, 5) is 3.89. The van der Waals surface area contributed by atoms with Crippen LogP contribution in [0.2, 0.25) is 5.02 Å². The van der Waals surface area contributed by atoms with Gasteiger partial charge in [0.15, 0.2) is 0 Å². The van der Waals surface area contributed by atoms with Crippen LogP contribution >= 0.6 is 11.6 Å². The van der Waals surface area contributed by atoms with Gasteiger partial charge >= 0.3 is 0 Å². The van der Waals surface area contributed by atoms with E-state index in [2.05, 4.69) is 29.2 Å². The highest BCUT2D eigenvalue weighted by molar-refractivity contribution is 6.32. The van der Waals surface area contributed by atoms with E-state index in [9.17, 15) is 4.39 Å². The van der Waals surface area contributed by atoms with Gasteiger partial charge in [-0.05, 0) is 19.9 Å². The summed E-state index contributed by atoms with van der Waals surface area (Å²) in [7, 11) is 0. The molecular formula is C12H14ClFN4. The molecule has 2 aromatic rings. The predicted molar refractivity (Wildman–Crippen MR) is 69.1 cm³/mol. The molecule has 2 rings (SSSR count). The first-order chi connectivity index (χ1) is 8.56. The van der Waals surface area contributed by atoms with Gasteiger partial charge in [-0.1, -0.05) is 11.6 Å². The predicted octanol–water partition coefficient (Wildman–Crippen LogP) is 3.26. The topological polar surface area (TPSA) is 42.7 Å². The van der Waals surface area contributed by atoms with Crippen LogP contribution in [0.15, 0.2) is 24.7 Å². The first kappa shape index (κ1) is 12.8. The minimum atomic E-state index is -0.446. The Morgan fingerprint density at radius 1 is 1.44 bits per heavy atom. The van der Waals surface area contributed by atoms with E-state index in [1.165, 1.54) is 6.07 Å². The minimum Gasteiger partial charge on any atom is -0.365 e. The number of nitrogens with one attached hydrogen (secondary N) is 1. The molecule has 0 saturated carbocycles. The van der Waals surface area contributed by atoms with Crippen LogP contribution in [-0.2, 0) is 6.54 Å². The monoisotopic (exact) mass is 268 g/mol. The van der Waals surface area contributed by atoms with E-state index in [1.807, 2.05) is 10.9 Å². The molecule has 96 valence electrons. The number of nitrogens with zero attached hydrogens (tertiary/aromatic N) is 3. The lowest BCUT2D eigenvalue weighted by atomic mass is 10.3. The molecule has 0 saturated heterocycles. The highest BCUT2D eigenvalue weighted by Crippen LogP contribution is 2.20. The van der Waals surface area contributed by atoms with Gasteiger partial charge in [-0.3, -0.25) is 4.68 Å². The van der Waals surface area contributed by atoms with Crippen LogP contribution in [0, 0.1) is 5.82 Å². The molecule has 0 aliphatic rings. The van der Waals surface area contributed by atoms with Crippen molar-refractivity contribution in [2.45, 2.75) is 26.4 Å². The summed E-state index contributed by atoms with van der Waals surface area (Å²) in [6, 6.07) is 1.56. The van der Waals surface area contributed by atoms with E-state index in [4.69, 9.17) is 11.6 Å². The van der Waals surface area contributed by atoms with Crippen LogP contribution in [0.4, 0.5) is 10.2 Å². The molecule has 2 aromatic heterocycles. The number of halogens is 2. The molecule has 0 aliphatic heterocycles. The molecule has 0 amide bonds. The minimum absolute atomic E-state index is 0.270. The van der Waals surface area contributed by atoms with Crippen molar-refractivity contribution in [2.75, 3.05) is 5.32 Å². The first-order valence-electron chi connectivity index (χ1n) is 5.64. The number of hydrogen-bond acceptors (Lipinski definition) is 3. The van der Waals surface area contributed by atoms with E-state index >= 15 is 0 Å². The second-order valence-electron chi connectivity index (χ2n) is 4.26. The van der Waals surface area contributed by atoms with E-state index in [0.29, 0.717) is 18.4 Å². The summed E-state index contributed by atoms with van der Waals surface area (Å²) in [5, 5.41) is 7.54. The summed E-state index contributed by atoms with van der Waals surface area (Å²) in [6.07, 6.45) is 4.87. The van der Waals surface area contributed by atoms with Gasteiger partial charge in [0.05, 0.1) is 17.4 Å². The average Bonchev–Trinajstić information content (AvgIpc) is 2.76. The lowest BCUT2D eigenvalue weighted by Gasteiger charge is -2.06. The van der Waals surface area contributed by atoms with Crippen LogP contribution in [-0.4, -0.2) is 14.8 Å². The number of rotatable bonds is 4. The molecule has 0 radical (unpaired) electrons. The zero-order valence-corrected chi connectivity index (χ0v) is 10.9. The molecule has 0 aromatic carbocycles. The van der Waals surface area contributed by atoms with Crippen molar-refractivity contribution in [3.05, 3.63) is 41.1 Å². The van der Waals surface area contributed by atoms with Crippen LogP contribution < -0.4 is 5.32 Å². The van der Waals surface area contributed by atoms with Crippen LogP contribution in [0.25, 0.3) is 0 Å². The third kappa shape index (κ3) is 2.98. The fraction of sp³-hybridized carbons (Fsp3) is 0.333. The Bertz CT molecular complexity index is 539. The van der Waals surface area contributed by atoms with Gasteiger partial charge in [-0.2, -0.15) is 5.10 Å². The largest absolute Gasteiger partial charge is 0.365 e. The Hall–Kier alpha value is -1.62. The maximum atomic E-state index is 12.8. The Kier molecular flexibility index (Phi) is 3.81. The molecule has 0 unspecified atom stereocenters. The van der Waals surface area contributed by atoms with Crippen molar-refractivity contribution in [1.82, 2.24) is 14.8 Å². The fourth-order valence-electron chi connectivity index (χ4n) is 1.48. The first-order valence-corrected chi connectivity index (χ1v) is 6.02. The van der Waals surface area contributed by atoms with Gasteiger partial charge in [-0.15, -0.1) is 0 Å². The van der Waals surface area contributed by atoms with Crippen molar-refractivity contribution in [1.29, 1.82) is 0 Å². The van der Waals surface area contributed by atoms with E-state index in [0.717, 1.165) is 11.8 Å². The second kappa shape index (κ2) is 5.35. The zero-order chi connectivity index (χ0) is 13.1. The van der Waals surface area contributed by atoms with Gasteiger partial charge < -0.3 is 5.32 Å². The molecule has 18 heavy (non-hydrogen) atoms. The molecule has 0 atom stereocenters. The van der Waals surface area contributed by atoms with Crippen LogP contribution in [0.3, 0.4) is 0 Å². The second-order valence-corrected chi connectivity index (χ2v) is 4.67. The van der Waals surface area contributed by atoms with E-state index in [-0.39, 0.29) is 5.02 Å². The maximum absolute atomic E-state index is 12.8. The highest BCUT2D eigenvalue weighted by Gasteiger charge is 2.05. The van der Waals surface area contributed by atoms with E-state index < -0.39 is 5.82 Å². The smallest absolute Gasteiger partial charge is 0.145 e. The Labute approximate surface area is 110 Å². The van der Waals surface area contributed by atoms with Crippen molar-refractivity contribution in [3.8, 4) is 0 Å². The SMILES string of the molecule is CC(C)n1cc(CNc2ncc(F)cc2Cl)cn1. The third-order valence-electron chi connectivity index (χ3n) is 2.45. The lowest BCUT2D eigenvalue weighted by Crippen LogP contribution is -2.02. The summed E-state index contributed by atoms with van der Waals surface area (Å²) >= 11 is 5.87. The van der Waals surface area contributed by atoms with Crippen LogP contribution in [0.1, 0.15) is 25.5 Å². The summed E-state index contributed by atoms with van der Waals surface area (Å²) < 4.78 is 14.7. The molecule has 0 fully saturated rings. The van der Waals surface area contributed by atoms with Gasteiger partial charge in [0.25, 0.3) is 0 Å². The van der Waals surface area contributed by atoms with Crippen molar-refractivity contribution >= 4 is 17.4 Å². The Morgan fingerprint density at radius 3 is 2.83 bits per heavy atom. The number of aromatic nitrogens is 3.